The predicted molar refractivity (Wildman–Crippen MR) is 133 cm³/mol. The van der Waals surface area contributed by atoms with E-state index in [-0.39, 0.29) is 24.1 Å². The molecule has 0 aliphatic heterocycles. The summed E-state index contributed by atoms with van der Waals surface area (Å²) in [6.07, 6.45) is 0.000105. The van der Waals surface area contributed by atoms with Gasteiger partial charge in [-0.25, -0.2) is 4.79 Å². The van der Waals surface area contributed by atoms with Crippen LogP contribution in [0.1, 0.15) is 52.6 Å². The number of carboxylic acids is 1. The van der Waals surface area contributed by atoms with Crippen LogP contribution in [0.15, 0.2) is 54.6 Å². The molecule has 2 N–H and O–H groups in total. The molecule has 178 valence electrons. The molecule has 0 unspecified atom stereocenters. The van der Waals surface area contributed by atoms with Crippen molar-refractivity contribution in [1.29, 1.82) is 0 Å². The molecular weight excluding hydrogens is 454 g/mol. The summed E-state index contributed by atoms with van der Waals surface area (Å²) in [5, 5.41) is 12.7. The number of aryl methyl sites for hydroxylation is 1. The number of halogens is 1. The fourth-order valence-corrected chi connectivity index (χ4v) is 3.78. The van der Waals surface area contributed by atoms with E-state index >= 15 is 0 Å². The van der Waals surface area contributed by atoms with Crippen molar-refractivity contribution in [1.82, 2.24) is 5.32 Å². The molecule has 1 amide bonds. The molecule has 0 aromatic heterocycles. The molecule has 0 spiro atoms. The zero-order chi connectivity index (χ0) is 24.8. The van der Waals surface area contributed by atoms with Gasteiger partial charge in [0.15, 0.2) is 0 Å². The number of carbonyl (C=O) groups excluding carboxylic acids is 1. The smallest absolute Gasteiger partial charge is 0.335 e. The van der Waals surface area contributed by atoms with Crippen LogP contribution in [0, 0.1) is 6.92 Å². The second kappa shape index (κ2) is 11.1. The van der Waals surface area contributed by atoms with E-state index < -0.39 is 5.97 Å². The Bertz CT molecular complexity index is 1210. The van der Waals surface area contributed by atoms with Gasteiger partial charge in [-0.1, -0.05) is 29.8 Å². The normalized spacial score (nSPS) is 10.8. The van der Waals surface area contributed by atoms with Crippen LogP contribution < -0.4 is 14.8 Å². The fourth-order valence-electron chi connectivity index (χ4n) is 3.52. The van der Waals surface area contributed by atoms with Crippen molar-refractivity contribution in [3.05, 3.63) is 81.9 Å². The number of hydrogen-bond acceptors (Lipinski definition) is 4. The number of carboxylic acid groups (broad SMARTS) is 1. The molecule has 0 saturated carbocycles. The van der Waals surface area contributed by atoms with Crippen molar-refractivity contribution in [2.75, 3.05) is 6.61 Å². The summed E-state index contributed by atoms with van der Waals surface area (Å²) in [6, 6.07) is 15.9. The average Bonchev–Trinajstić information content (AvgIpc) is 2.78. The summed E-state index contributed by atoms with van der Waals surface area (Å²) in [7, 11) is 0. The highest BCUT2D eigenvalue weighted by Gasteiger charge is 2.15. The van der Waals surface area contributed by atoms with Crippen molar-refractivity contribution < 1.29 is 24.2 Å². The summed E-state index contributed by atoms with van der Waals surface area (Å²) in [4.78, 5) is 24.3. The van der Waals surface area contributed by atoms with Gasteiger partial charge in [0.25, 0.3) is 5.91 Å². The van der Waals surface area contributed by atoms with Crippen LogP contribution in [0.5, 0.6) is 11.5 Å². The van der Waals surface area contributed by atoms with Gasteiger partial charge in [-0.05, 0) is 80.8 Å². The molecule has 0 fully saturated rings. The Balaban J connectivity index is 1.84. The van der Waals surface area contributed by atoms with E-state index in [1.54, 1.807) is 37.3 Å². The number of rotatable bonds is 9. The van der Waals surface area contributed by atoms with Crippen LogP contribution in [-0.2, 0) is 6.54 Å². The van der Waals surface area contributed by atoms with E-state index in [9.17, 15) is 14.7 Å². The van der Waals surface area contributed by atoms with E-state index in [1.807, 2.05) is 45.0 Å². The van der Waals surface area contributed by atoms with E-state index in [4.69, 9.17) is 21.1 Å². The number of hydrogen-bond donors (Lipinski definition) is 2. The minimum absolute atomic E-state index is 0.000105. The van der Waals surface area contributed by atoms with E-state index in [0.29, 0.717) is 34.3 Å². The lowest BCUT2D eigenvalue weighted by atomic mass is 9.98. The number of ether oxygens (including phenoxy) is 2. The Morgan fingerprint density at radius 3 is 2.35 bits per heavy atom. The molecule has 0 heterocycles. The molecule has 3 aromatic carbocycles. The second-order valence-corrected chi connectivity index (χ2v) is 8.49. The van der Waals surface area contributed by atoms with Gasteiger partial charge in [0.05, 0.1) is 28.9 Å². The van der Waals surface area contributed by atoms with Gasteiger partial charge in [0, 0.05) is 12.1 Å². The van der Waals surface area contributed by atoms with Gasteiger partial charge in [-0.3, -0.25) is 4.79 Å². The minimum atomic E-state index is -0.973. The molecule has 6 nitrogen and oxygen atoms in total. The topological polar surface area (TPSA) is 84.9 Å². The third kappa shape index (κ3) is 6.08. The molecule has 0 radical (unpaired) electrons. The first-order valence-corrected chi connectivity index (χ1v) is 11.4. The Hall–Kier alpha value is -3.51. The van der Waals surface area contributed by atoms with Gasteiger partial charge in [0.2, 0.25) is 0 Å². The van der Waals surface area contributed by atoms with E-state index in [0.717, 1.165) is 16.7 Å². The maximum absolute atomic E-state index is 12.8. The summed E-state index contributed by atoms with van der Waals surface area (Å²) < 4.78 is 11.4. The SMILES string of the molecule is CCOc1ccc(-c2ccc(C)c(C(=O)O)c2)cc1CNC(=O)c1ccc(OC(C)C)cc1Cl. The van der Waals surface area contributed by atoms with Crippen molar-refractivity contribution >= 4 is 23.5 Å². The number of amides is 1. The summed E-state index contributed by atoms with van der Waals surface area (Å²) in [6.45, 7) is 8.15. The molecule has 0 atom stereocenters. The quantitative estimate of drug-likeness (QED) is 0.384. The standard InChI is InChI=1S/C27H28ClNO5/c1-5-33-25-11-8-18(19-7-6-17(4)23(13-19)27(31)32)12-20(25)15-29-26(30)22-10-9-21(14-24(22)28)34-16(2)3/h6-14,16H,5,15H2,1-4H3,(H,29,30)(H,31,32). The first kappa shape index (κ1) is 25.1. The highest BCUT2D eigenvalue weighted by Crippen LogP contribution is 2.29. The lowest BCUT2D eigenvalue weighted by molar-refractivity contribution is 0.0695. The zero-order valence-corrected chi connectivity index (χ0v) is 20.4. The van der Waals surface area contributed by atoms with Crippen LogP contribution in [0.4, 0.5) is 0 Å². The molecule has 0 bridgehead atoms. The lowest BCUT2D eigenvalue weighted by Gasteiger charge is -2.15. The lowest BCUT2D eigenvalue weighted by Crippen LogP contribution is -2.23. The molecule has 0 saturated heterocycles. The third-order valence-corrected chi connectivity index (χ3v) is 5.47. The Labute approximate surface area is 204 Å². The van der Waals surface area contributed by atoms with Crippen LogP contribution in [-0.4, -0.2) is 29.7 Å². The maximum Gasteiger partial charge on any atom is 0.335 e. The maximum atomic E-state index is 12.8. The zero-order valence-electron chi connectivity index (χ0n) is 19.6. The first-order valence-electron chi connectivity index (χ1n) is 11.0. The third-order valence-electron chi connectivity index (χ3n) is 5.16. The second-order valence-electron chi connectivity index (χ2n) is 8.08. The van der Waals surface area contributed by atoms with Gasteiger partial charge in [0.1, 0.15) is 11.5 Å². The van der Waals surface area contributed by atoms with Crippen LogP contribution in [0.2, 0.25) is 5.02 Å². The molecular formula is C27H28ClNO5. The molecule has 0 aliphatic rings. The van der Waals surface area contributed by atoms with Gasteiger partial charge in [-0.15, -0.1) is 0 Å². The molecule has 34 heavy (non-hydrogen) atoms. The number of aromatic carboxylic acids is 1. The highest BCUT2D eigenvalue weighted by atomic mass is 35.5. The van der Waals surface area contributed by atoms with Crippen molar-refractivity contribution in [3.63, 3.8) is 0 Å². The molecule has 3 aromatic rings. The van der Waals surface area contributed by atoms with Crippen LogP contribution >= 0.6 is 11.6 Å². The molecule has 7 heteroatoms. The first-order chi connectivity index (χ1) is 16.2. The van der Waals surface area contributed by atoms with Gasteiger partial charge >= 0.3 is 5.97 Å². The summed E-state index contributed by atoms with van der Waals surface area (Å²) in [5.41, 5.74) is 3.64. The average molecular weight is 482 g/mol. The predicted octanol–water partition coefficient (Wildman–Crippen LogP) is 6.13. The van der Waals surface area contributed by atoms with Crippen LogP contribution in [0.3, 0.4) is 0 Å². The minimum Gasteiger partial charge on any atom is -0.494 e. The monoisotopic (exact) mass is 481 g/mol. The van der Waals surface area contributed by atoms with Crippen LogP contribution in [0.25, 0.3) is 11.1 Å². The Morgan fingerprint density at radius 2 is 1.71 bits per heavy atom. The molecule has 3 rings (SSSR count). The van der Waals surface area contributed by atoms with Crippen molar-refractivity contribution in [2.24, 2.45) is 0 Å². The van der Waals surface area contributed by atoms with E-state index in [2.05, 4.69) is 5.32 Å². The largest absolute Gasteiger partial charge is 0.494 e. The Morgan fingerprint density at radius 1 is 1.00 bits per heavy atom. The van der Waals surface area contributed by atoms with Gasteiger partial charge in [-0.2, -0.15) is 0 Å². The van der Waals surface area contributed by atoms with Crippen molar-refractivity contribution in [2.45, 2.75) is 40.3 Å². The van der Waals surface area contributed by atoms with E-state index in [1.165, 1.54) is 0 Å². The summed E-state index contributed by atoms with van der Waals surface area (Å²) >= 11 is 6.32. The highest BCUT2D eigenvalue weighted by molar-refractivity contribution is 6.34. The fraction of sp³-hybridized carbons (Fsp3) is 0.259. The number of nitrogens with one attached hydrogen (secondary N) is 1. The number of benzene rings is 3. The Kier molecular flexibility index (Phi) is 8.18. The summed E-state index contributed by atoms with van der Waals surface area (Å²) in [5.74, 6) is -0.0532. The van der Waals surface area contributed by atoms with Crippen molar-refractivity contribution in [3.8, 4) is 22.6 Å². The number of carbonyl (C=O) groups is 2. The van der Waals surface area contributed by atoms with Gasteiger partial charge < -0.3 is 19.9 Å². The molecule has 0 aliphatic carbocycles.